The third-order valence-corrected chi connectivity index (χ3v) is 5.90. The van der Waals surface area contributed by atoms with Crippen molar-refractivity contribution in [1.82, 2.24) is 4.98 Å². The summed E-state index contributed by atoms with van der Waals surface area (Å²) in [5.74, 6) is -0.999. The van der Waals surface area contributed by atoms with Crippen LogP contribution in [-0.4, -0.2) is 29.6 Å². The number of amides is 1. The predicted molar refractivity (Wildman–Crippen MR) is 109 cm³/mol. The van der Waals surface area contributed by atoms with Gasteiger partial charge in [0.2, 0.25) is 5.88 Å². The molecule has 1 unspecified atom stereocenters. The first-order chi connectivity index (χ1) is 14.0. The van der Waals surface area contributed by atoms with E-state index in [-0.39, 0.29) is 11.4 Å². The van der Waals surface area contributed by atoms with Crippen LogP contribution in [0.15, 0.2) is 18.3 Å². The van der Waals surface area contributed by atoms with E-state index in [0.717, 1.165) is 42.5 Å². The van der Waals surface area contributed by atoms with E-state index in [4.69, 9.17) is 9.47 Å². The second-order valence-electron chi connectivity index (χ2n) is 6.71. The first-order valence-corrected chi connectivity index (χ1v) is 10.5. The van der Waals surface area contributed by atoms with Crippen LogP contribution in [0.4, 0.5) is 5.00 Å². The maximum absolute atomic E-state index is 12.6. The lowest BCUT2D eigenvalue weighted by atomic mass is 10.1. The highest BCUT2D eigenvalue weighted by molar-refractivity contribution is 7.16. The van der Waals surface area contributed by atoms with E-state index in [9.17, 15) is 14.9 Å². The summed E-state index contributed by atoms with van der Waals surface area (Å²) in [6, 6.07) is 5.36. The van der Waals surface area contributed by atoms with Gasteiger partial charge in [0, 0.05) is 11.1 Å². The highest BCUT2D eigenvalue weighted by Gasteiger charge is 2.25. The van der Waals surface area contributed by atoms with Crippen LogP contribution in [0.2, 0.25) is 0 Å². The Morgan fingerprint density at radius 3 is 2.90 bits per heavy atom. The van der Waals surface area contributed by atoms with Crippen molar-refractivity contribution in [2.24, 2.45) is 0 Å². The maximum Gasteiger partial charge on any atom is 0.344 e. The van der Waals surface area contributed by atoms with Gasteiger partial charge in [0.1, 0.15) is 16.6 Å². The SMILES string of the molecule is CCOc1ncccc1C(=O)OC(C)C(=O)Nc1sc2c(c1C#N)CCCCC2. The van der Waals surface area contributed by atoms with E-state index in [1.54, 1.807) is 13.0 Å². The lowest BCUT2D eigenvalue weighted by molar-refractivity contribution is -0.123. The molecule has 1 aliphatic carbocycles. The third-order valence-electron chi connectivity index (χ3n) is 4.70. The first kappa shape index (κ1) is 20.8. The van der Waals surface area contributed by atoms with Gasteiger partial charge in [-0.05, 0) is 57.2 Å². The molecular formula is C21H23N3O4S. The molecule has 2 aromatic rings. The van der Waals surface area contributed by atoms with Gasteiger partial charge < -0.3 is 14.8 Å². The van der Waals surface area contributed by atoms with Gasteiger partial charge in [0.25, 0.3) is 5.91 Å². The van der Waals surface area contributed by atoms with Crippen LogP contribution in [-0.2, 0) is 22.4 Å². The zero-order valence-corrected chi connectivity index (χ0v) is 17.3. The topological polar surface area (TPSA) is 101 Å². The highest BCUT2D eigenvalue weighted by Crippen LogP contribution is 2.37. The van der Waals surface area contributed by atoms with Gasteiger partial charge in [-0.15, -0.1) is 11.3 Å². The molecule has 1 N–H and O–H groups in total. The summed E-state index contributed by atoms with van der Waals surface area (Å²) < 4.78 is 10.6. The Hall–Kier alpha value is -2.92. The lowest BCUT2D eigenvalue weighted by Crippen LogP contribution is -2.30. The van der Waals surface area contributed by atoms with Crippen molar-refractivity contribution in [3.8, 4) is 11.9 Å². The lowest BCUT2D eigenvalue weighted by Gasteiger charge is -2.14. The maximum atomic E-state index is 12.6. The summed E-state index contributed by atoms with van der Waals surface area (Å²) in [4.78, 5) is 30.2. The fourth-order valence-electron chi connectivity index (χ4n) is 3.24. The number of nitrogens with one attached hydrogen (secondary N) is 1. The molecule has 0 aromatic carbocycles. The Morgan fingerprint density at radius 1 is 1.34 bits per heavy atom. The number of hydrogen-bond donors (Lipinski definition) is 1. The van der Waals surface area contributed by atoms with E-state index in [1.807, 2.05) is 0 Å². The number of carbonyl (C=O) groups is 2. The monoisotopic (exact) mass is 413 g/mol. The fraction of sp³-hybridized carbons (Fsp3) is 0.429. The van der Waals surface area contributed by atoms with Gasteiger partial charge in [-0.25, -0.2) is 9.78 Å². The summed E-state index contributed by atoms with van der Waals surface area (Å²) in [7, 11) is 0. The van der Waals surface area contributed by atoms with Gasteiger partial charge in [-0.3, -0.25) is 4.79 Å². The number of carbonyl (C=O) groups excluding carboxylic acids is 2. The fourth-order valence-corrected chi connectivity index (χ4v) is 4.48. The molecule has 8 heteroatoms. The second kappa shape index (κ2) is 9.52. The summed E-state index contributed by atoms with van der Waals surface area (Å²) >= 11 is 1.44. The predicted octanol–water partition coefficient (Wildman–Crippen LogP) is 3.87. The molecule has 1 aliphatic rings. The van der Waals surface area contributed by atoms with Crippen LogP contribution in [0.3, 0.4) is 0 Å². The van der Waals surface area contributed by atoms with Crippen molar-refractivity contribution in [3.05, 3.63) is 39.9 Å². The highest BCUT2D eigenvalue weighted by atomic mass is 32.1. The third kappa shape index (κ3) is 4.74. The van der Waals surface area contributed by atoms with Crippen molar-refractivity contribution < 1.29 is 19.1 Å². The van der Waals surface area contributed by atoms with Crippen LogP contribution < -0.4 is 10.1 Å². The van der Waals surface area contributed by atoms with Crippen molar-refractivity contribution in [3.63, 3.8) is 0 Å². The normalized spacial score (nSPS) is 14.1. The molecule has 0 aliphatic heterocycles. The average Bonchev–Trinajstić information content (AvgIpc) is 2.87. The molecule has 3 rings (SSSR count). The molecule has 152 valence electrons. The molecular weight excluding hydrogens is 390 g/mol. The minimum absolute atomic E-state index is 0.162. The first-order valence-electron chi connectivity index (χ1n) is 9.69. The van der Waals surface area contributed by atoms with E-state index in [2.05, 4.69) is 16.4 Å². The molecule has 2 heterocycles. The number of hydrogen-bond acceptors (Lipinski definition) is 7. The number of thiophene rings is 1. The molecule has 7 nitrogen and oxygen atoms in total. The van der Waals surface area contributed by atoms with Crippen LogP contribution in [0, 0.1) is 11.3 Å². The Bertz CT molecular complexity index is 948. The standard InChI is InChI=1S/C21H23N3O4S/c1-3-27-19-15(9-7-11-23-19)21(26)28-13(2)18(25)24-20-16(12-22)14-8-5-4-6-10-17(14)29-20/h7,9,11,13H,3-6,8,10H2,1-2H3,(H,24,25). The molecule has 0 fully saturated rings. The molecule has 1 atom stereocenters. The van der Waals surface area contributed by atoms with Gasteiger partial charge in [0.05, 0.1) is 12.2 Å². The van der Waals surface area contributed by atoms with Crippen LogP contribution in [0.1, 0.15) is 59.5 Å². The zero-order chi connectivity index (χ0) is 20.8. The van der Waals surface area contributed by atoms with Gasteiger partial charge >= 0.3 is 5.97 Å². The Morgan fingerprint density at radius 2 is 2.14 bits per heavy atom. The number of fused-ring (bicyclic) bond motifs is 1. The summed E-state index contributed by atoms with van der Waals surface area (Å²) in [5.41, 5.74) is 1.74. The second-order valence-corrected chi connectivity index (χ2v) is 7.81. The summed E-state index contributed by atoms with van der Waals surface area (Å²) in [5, 5.41) is 12.9. The molecule has 0 radical (unpaired) electrons. The molecule has 0 spiro atoms. The molecule has 0 bridgehead atoms. The Labute approximate surface area is 173 Å². The number of rotatable bonds is 6. The van der Waals surface area contributed by atoms with Crippen LogP contribution >= 0.6 is 11.3 Å². The molecule has 29 heavy (non-hydrogen) atoms. The minimum atomic E-state index is -1.04. The Kier molecular flexibility index (Phi) is 6.83. The number of aromatic nitrogens is 1. The van der Waals surface area contributed by atoms with Crippen LogP contribution in [0.5, 0.6) is 5.88 Å². The number of esters is 1. The molecule has 0 saturated carbocycles. The molecule has 0 saturated heterocycles. The molecule has 1 amide bonds. The number of nitriles is 1. The van der Waals surface area contributed by atoms with Crippen molar-refractivity contribution in [2.75, 3.05) is 11.9 Å². The van der Waals surface area contributed by atoms with Gasteiger partial charge in [-0.1, -0.05) is 6.42 Å². The van der Waals surface area contributed by atoms with Gasteiger partial charge in [0.15, 0.2) is 6.10 Å². The smallest absolute Gasteiger partial charge is 0.344 e. The minimum Gasteiger partial charge on any atom is -0.477 e. The molecule has 2 aromatic heterocycles. The Balaban J connectivity index is 1.70. The van der Waals surface area contributed by atoms with Crippen molar-refractivity contribution in [2.45, 2.75) is 52.1 Å². The number of pyridine rings is 1. The van der Waals surface area contributed by atoms with Crippen molar-refractivity contribution in [1.29, 1.82) is 5.26 Å². The number of ether oxygens (including phenoxy) is 2. The summed E-state index contributed by atoms with van der Waals surface area (Å²) in [6.07, 6.45) is 5.55. The van der Waals surface area contributed by atoms with E-state index in [0.29, 0.717) is 17.2 Å². The van der Waals surface area contributed by atoms with Crippen LogP contribution in [0.25, 0.3) is 0 Å². The zero-order valence-electron chi connectivity index (χ0n) is 16.5. The van der Waals surface area contributed by atoms with E-state index < -0.39 is 18.0 Å². The number of anilines is 1. The summed E-state index contributed by atoms with van der Waals surface area (Å²) in [6.45, 7) is 3.64. The van der Waals surface area contributed by atoms with E-state index >= 15 is 0 Å². The number of nitrogens with zero attached hydrogens (tertiary/aromatic N) is 2. The number of aryl methyl sites for hydroxylation is 1. The van der Waals surface area contributed by atoms with Gasteiger partial charge in [-0.2, -0.15) is 5.26 Å². The largest absolute Gasteiger partial charge is 0.477 e. The van der Waals surface area contributed by atoms with E-state index in [1.165, 1.54) is 30.5 Å². The average molecular weight is 413 g/mol. The van der Waals surface area contributed by atoms with Crippen molar-refractivity contribution >= 4 is 28.2 Å². The quantitative estimate of drug-likeness (QED) is 0.570.